The van der Waals surface area contributed by atoms with Gasteiger partial charge in [-0.05, 0) is 6.04 Å². The Balaban J connectivity index is 2.58. The van der Waals surface area contributed by atoms with E-state index >= 15 is 0 Å². The van der Waals surface area contributed by atoms with Crippen molar-refractivity contribution < 1.29 is 0 Å². The number of hydrogen-bond acceptors (Lipinski definition) is 0. The van der Waals surface area contributed by atoms with Gasteiger partial charge < -0.3 is 0 Å². The van der Waals surface area contributed by atoms with Crippen molar-refractivity contribution in [3.63, 3.8) is 0 Å². The second-order valence-electron chi connectivity index (χ2n) is 1.84. The fraction of sp³-hybridized carbons (Fsp3) is 0.500. The monoisotopic (exact) mass is 230 g/mol. The lowest BCUT2D eigenvalue weighted by atomic mass is 10.5. The van der Waals surface area contributed by atoms with Crippen LogP contribution in [0.5, 0.6) is 0 Å². The predicted molar refractivity (Wildman–Crippen MR) is 44.1 cm³/mol. The molecule has 0 radical (unpaired) electrons. The van der Waals surface area contributed by atoms with E-state index in [9.17, 15) is 0 Å². The lowest BCUT2D eigenvalue weighted by Gasteiger charge is -2.03. The Morgan fingerprint density at radius 3 is 2.38 bits per heavy atom. The Hall–Kier alpha value is 1.02. The molecule has 0 spiro atoms. The molecule has 46 valence electrons. The SMILES string of the molecule is Cl[Si]1(Cl)C=CC(Br)C1. The maximum atomic E-state index is 5.85. The first-order chi connectivity index (χ1) is 3.60. The maximum absolute atomic E-state index is 5.85. The highest BCUT2D eigenvalue weighted by molar-refractivity contribution is 9.09. The Bertz CT molecular complexity index is 123. The van der Waals surface area contributed by atoms with Crippen molar-refractivity contribution in [1.82, 2.24) is 0 Å². The van der Waals surface area contributed by atoms with Gasteiger partial charge in [-0.15, -0.1) is 22.2 Å². The third-order valence-corrected chi connectivity index (χ3v) is 5.59. The summed E-state index contributed by atoms with van der Waals surface area (Å²) in [6.07, 6.45) is 2.02. The summed E-state index contributed by atoms with van der Waals surface area (Å²) in [7, 11) is 0. The van der Waals surface area contributed by atoms with Gasteiger partial charge in [0.05, 0.1) is 0 Å². The van der Waals surface area contributed by atoms with Gasteiger partial charge in [-0.1, -0.05) is 27.7 Å². The molecular weight excluding hydrogens is 227 g/mol. The van der Waals surface area contributed by atoms with Crippen molar-refractivity contribution in [3.8, 4) is 0 Å². The summed E-state index contributed by atoms with van der Waals surface area (Å²) >= 11 is 15.1. The first-order valence-electron chi connectivity index (χ1n) is 2.31. The van der Waals surface area contributed by atoms with Gasteiger partial charge in [0.1, 0.15) is 0 Å². The summed E-state index contributed by atoms with van der Waals surface area (Å²) in [5, 5.41) is 0. The normalized spacial score (nSPS) is 33.6. The molecule has 8 heavy (non-hydrogen) atoms. The number of alkyl halides is 1. The van der Waals surface area contributed by atoms with E-state index in [0.29, 0.717) is 4.83 Å². The predicted octanol–water partition coefficient (Wildman–Crippen LogP) is 2.78. The van der Waals surface area contributed by atoms with E-state index in [2.05, 4.69) is 15.9 Å². The molecule has 0 saturated carbocycles. The van der Waals surface area contributed by atoms with Crippen molar-refractivity contribution in [2.75, 3.05) is 0 Å². The zero-order chi connectivity index (χ0) is 6.20. The fourth-order valence-electron chi connectivity index (χ4n) is 0.641. The van der Waals surface area contributed by atoms with Gasteiger partial charge in [0, 0.05) is 4.83 Å². The molecule has 1 aliphatic heterocycles. The van der Waals surface area contributed by atoms with Gasteiger partial charge in [0.15, 0.2) is 0 Å². The van der Waals surface area contributed by atoms with Crippen LogP contribution >= 0.6 is 38.1 Å². The van der Waals surface area contributed by atoms with E-state index in [0.717, 1.165) is 6.04 Å². The summed E-state index contributed by atoms with van der Waals surface area (Å²) in [5.41, 5.74) is 1.94. The van der Waals surface area contributed by atoms with Crippen LogP contribution < -0.4 is 0 Å². The lowest BCUT2D eigenvalue weighted by Crippen LogP contribution is -2.12. The van der Waals surface area contributed by atoms with Gasteiger partial charge >= 0.3 is 0 Å². The second kappa shape index (κ2) is 2.33. The van der Waals surface area contributed by atoms with Crippen molar-refractivity contribution in [2.24, 2.45) is 0 Å². The fourth-order valence-corrected chi connectivity index (χ4v) is 6.47. The number of rotatable bonds is 0. The van der Waals surface area contributed by atoms with Crippen molar-refractivity contribution in [2.45, 2.75) is 10.9 Å². The van der Waals surface area contributed by atoms with E-state index in [1.807, 2.05) is 11.8 Å². The molecule has 0 saturated heterocycles. The molecule has 0 aromatic rings. The van der Waals surface area contributed by atoms with Gasteiger partial charge in [0.2, 0.25) is 0 Å². The average Bonchev–Trinajstić information content (AvgIpc) is 1.82. The Kier molecular flexibility index (Phi) is 2.08. The van der Waals surface area contributed by atoms with Crippen molar-refractivity contribution in [3.05, 3.63) is 11.8 Å². The highest BCUT2D eigenvalue weighted by Gasteiger charge is 2.32. The number of hydrogen-bond donors (Lipinski definition) is 0. The Labute approximate surface area is 67.4 Å². The largest absolute Gasteiger partial charge is 0.275 e. The minimum absolute atomic E-state index is 0.421. The van der Waals surface area contributed by atoms with Crippen LogP contribution in [-0.4, -0.2) is 11.5 Å². The molecule has 1 aliphatic rings. The molecule has 0 amide bonds. The van der Waals surface area contributed by atoms with Gasteiger partial charge in [-0.2, -0.15) is 0 Å². The van der Waals surface area contributed by atoms with E-state index in [1.54, 1.807) is 0 Å². The number of allylic oxidation sites excluding steroid dienone is 1. The minimum atomic E-state index is -1.89. The molecule has 0 N–H and O–H groups in total. The highest BCUT2D eigenvalue weighted by Crippen LogP contribution is 2.33. The third-order valence-electron chi connectivity index (χ3n) is 1.02. The molecule has 4 heteroatoms. The molecule has 1 heterocycles. The van der Waals surface area contributed by atoms with Crippen LogP contribution in [0, 0.1) is 0 Å². The molecular formula is C4H5BrCl2Si. The van der Waals surface area contributed by atoms with Crippen LogP contribution in [0.4, 0.5) is 0 Å². The van der Waals surface area contributed by atoms with Gasteiger partial charge in [-0.25, -0.2) is 0 Å². The number of halogens is 3. The van der Waals surface area contributed by atoms with Crippen molar-refractivity contribution >= 4 is 44.8 Å². The van der Waals surface area contributed by atoms with Crippen LogP contribution in [0.1, 0.15) is 0 Å². The second-order valence-corrected chi connectivity index (χ2v) is 9.91. The first kappa shape index (κ1) is 7.13. The van der Waals surface area contributed by atoms with E-state index in [4.69, 9.17) is 22.2 Å². The summed E-state index contributed by atoms with van der Waals surface area (Å²) in [6, 6.07) is 0.913. The highest BCUT2D eigenvalue weighted by atomic mass is 79.9. The van der Waals surface area contributed by atoms with Crippen LogP contribution in [0.15, 0.2) is 11.8 Å². The third kappa shape index (κ3) is 1.76. The van der Waals surface area contributed by atoms with Gasteiger partial charge in [0.25, 0.3) is 6.69 Å². The average molecular weight is 232 g/mol. The molecule has 1 unspecified atom stereocenters. The molecule has 0 nitrogen and oxygen atoms in total. The molecule has 1 atom stereocenters. The van der Waals surface area contributed by atoms with Gasteiger partial charge in [-0.3, -0.25) is 0 Å². The van der Waals surface area contributed by atoms with Crippen LogP contribution in [0.2, 0.25) is 6.04 Å². The summed E-state index contributed by atoms with van der Waals surface area (Å²) < 4.78 is 0. The van der Waals surface area contributed by atoms with Crippen molar-refractivity contribution in [1.29, 1.82) is 0 Å². The Morgan fingerprint density at radius 2 is 2.25 bits per heavy atom. The summed E-state index contributed by atoms with van der Waals surface area (Å²) in [4.78, 5) is 0.421. The molecule has 0 aliphatic carbocycles. The van der Waals surface area contributed by atoms with Crippen LogP contribution in [-0.2, 0) is 0 Å². The summed E-state index contributed by atoms with van der Waals surface area (Å²) in [6.45, 7) is -1.89. The molecule has 0 fully saturated rings. The molecule has 0 aromatic carbocycles. The first-order valence-corrected chi connectivity index (χ1v) is 7.54. The zero-order valence-corrected chi connectivity index (χ0v) is 8.17. The maximum Gasteiger partial charge on any atom is 0.275 e. The van der Waals surface area contributed by atoms with Crippen LogP contribution in [0.3, 0.4) is 0 Å². The Morgan fingerprint density at radius 1 is 1.62 bits per heavy atom. The van der Waals surface area contributed by atoms with E-state index in [-0.39, 0.29) is 0 Å². The van der Waals surface area contributed by atoms with Crippen LogP contribution in [0.25, 0.3) is 0 Å². The molecule has 0 aromatic heterocycles. The topological polar surface area (TPSA) is 0 Å². The summed E-state index contributed by atoms with van der Waals surface area (Å²) in [5.74, 6) is 0. The minimum Gasteiger partial charge on any atom is -0.140 e. The molecule has 0 bridgehead atoms. The standard InChI is InChI=1S/C4H5BrCl2Si/c5-4-1-2-8(6,7)3-4/h1-2,4H,3H2. The van der Waals surface area contributed by atoms with E-state index in [1.165, 1.54) is 0 Å². The quantitative estimate of drug-likeness (QED) is 0.342. The zero-order valence-electron chi connectivity index (χ0n) is 4.07. The molecule has 1 rings (SSSR count). The van der Waals surface area contributed by atoms with E-state index < -0.39 is 6.69 Å². The lowest BCUT2D eigenvalue weighted by molar-refractivity contribution is 1.28. The smallest absolute Gasteiger partial charge is 0.140 e.